The molecule has 1 rings (SSSR count). The zero-order valence-corrected chi connectivity index (χ0v) is 11.0. The highest BCUT2D eigenvalue weighted by Gasteiger charge is 2.08. The van der Waals surface area contributed by atoms with Crippen molar-refractivity contribution in [2.75, 3.05) is 5.75 Å². The van der Waals surface area contributed by atoms with E-state index in [9.17, 15) is 4.39 Å². The molecule has 0 aliphatic heterocycles. The minimum atomic E-state index is -0.208. The zero-order valence-electron chi connectivity index (χ0n) is 10.2. The van der Waals surface area contributed by atoms with Gasteiger partial charge in [-0.05, 0) is 48.8 Å². The van der Waals surface area contributed by atoms with E-state index in [4.69, 9.17) is 5.73 Å². The van der Waals surface area contributed by atoms with Gasteiger partial charge in [-0.15, -0.1) is 11.8 Å². The van der Waals surface area contributed by atoms with Crippen LogP contribution in [0.1, 0.15) is 38.8 Å². The Bertz CT molecular complexity index is 337. The van der Waals surface area contributed by atoms with Crippen LogP contribution in [-0.4, -0.2) is 5.75 Å². The Balaban J connectivity index is 2.71. The van der Waals surface area contributed by atoms with E-state index in [0.717, 1.165) is 16.2 Å². The van der Waals surface area contributed by atoms with Crippen LogP contribution in [0.2, 0.25) is 0 Å². The van der Waals surface area contributed by atoms with Gasteiger partial charge < -0.3 is 5.73 Å². The van der Waals surface area contributed by atoms with E-state index >= 15 is 0 Å². The maximum absolute atomic E-state index is 13.1. The summed E-state index contributed by atoms with van der Waals surface area (Å²) in [6, 6.07) is 4.77. The van der Waals surface area contributed by atoms with Crippen molar-refractivity contribution in [1.82, 2.24) is 0 Å². The lowest BCUT2D eigenvalue weighted by molar-refractivity contribution is 0.618. The Morgan fingerprint density at radius 1 is 1.31 bits per heavy atom. The summed E-state index contributed by atoms with van der Waals surface area (Å²) >= 11 is 1.77. The standard InChI is InChI=1S/C13H20FNS/c1-9(2)6-7-16-13-5-4-11(14)8-12(13)10(3)15/h4-5,8-10H,6-7,15H2,1-3H3. The van der Waals surface area contributed by atoms with Crippen molar-refractivity contribution in [3.63, 3.8) is 0 Å². The molecule has 0 bridgehead atoms. The van der Waals surface area contributed by atoms with E-state index in [2.05, 4.69) is 13.8 Å². The number of rotatable bonds is 5. The molecule has 0 spiro atoms. The van der Waals surface area contributed by atoms with Crippen molar-refractivity contribution in [3.8, 4) is 0 Å². The molecule has 2 N–H and O–H groups in total. The summed E-state index contributed by atoms with van der Waals surface area (Å²) in [5, 5.41) is 0. The van der Waals surface area contributed by atoms with Gasteiger partial charge in [0, 0.05) is 10.9 Å². The SMILES string of the molecule is CC(C)CCSc1ccc(F)cc1C(C)N. The molecule has 1 unspecified atom stereocenters. The van der Waals surface area contributed by atoms with E-state index in [1.165, 1.54) is 12.5 Å². The molecule has 1 aromatic carbocycles. The molecule has 16 heavy (non-hydrogen) atoms. The topological polar surface area (TPSA) is 26.0 Å². The van der Waals surface area contributed by atoms with Gasteiger partial charge in [-0.2, -0.15) is 0 Å². The zero-order chi connectivity index (χ0) is 12.1. The van der Waals surface area contributed by atoms with Crippen molar-refractivity contribution in [2.45, 2.75) is 38.1 Å². The average Bonchev–Trinajstić information content (AvgIpc) is 2.19. The molecule has 0 saturated heterocycles. The van der Waals surface area contributed by atoms with Gasteiger partial charge in [0.25, 0.3) is 0 Å². The lowest BCUT2D eigenvalue weighted by Gasteiger charge is -2.13. The van der Waals surface area contributed by atoms with Crippen LogP contribution in [-0.2, 0) is 0 Å². The van der Waals surface area contributed by atoms with Gasteiger partial charge in [0.1, 0.15) is 5.82 Å². The molecule has 3 heteroatoms. The minimum Gasteiger partial charge on any atom is -0.324 e. The third-order valence-electron chi connectivity index (χ3n) is 2.42. The van der Waals surface area contributed by atoms with Crippen LogP contribution in [0.15, 0.2) is 23.1 Å². The first-order chi connectivity index (χ1) is 7.50. The molecule has 0 aliphatic carbocycles. The first-order valence-corrected chi connectivity index (χ1v) is 6.67. The smallest absolute Gasteiger partial charge is 0.123 e. The molecule has 0 heterocycles. The van der Waals surface area contributed by atoms with Crippen molar-refractivity contribution in [3.05, 3.63) is 29.6 Å². The van der Waals surface area contributed by atoms with Crippen molar-refractivity contribution >= 4 is 11.8 Å². The highest BCUT2D eigenvalue weighted by atomic mass is 32.2. The number of benzene rings is 1. The number of hydrogen-bond donors (Lipinski definition) is 1. The monoisotopic (exact) mass is 241 g/mol. The maximum atomic E-state index is 13.1. The quantitative estimate of drug-likeness (QED) is 0.789. The van der Waals surface area contributed by atoms with E-state index in [1.54, 1.807) is 17.8 Å². The average molecular weight is 241 g/mol. The van der Waals surface area contributed by atoms with Crippen LogP contribution < -0.4 is 5.73 Å². The van der Waals surface area contributed by atoms with Gasteiger partial charge in [-0.3, -0.25) is 0 Å². The summed E-state index contributed by atoms with van der Waals surface area (Å²) in [7, 11) is 0. The number of hydrogen-bond acceptors (Lipinski definition) is 2. The Hall–Kier alpha value is -0.540. The lowest BCUT2D eigenvalue weighted by Crippen LogP contribution is -2.07. The largest absolute Gasteiger partial charge is 0.324 e. The predicted octanol–water partition coefficient (Wildman–Crippen LogP) is 3.98. The number of halogens is 1. The molecule has 0 radical (unpaired) electrons. The second-order valence-corrected chi connectivity index (χ2v) is 5.64. The van der Waals surface area contributed by atoms with E-state index < -0.39 is 0 Å². The highest BCUT2D eigenvalue weighted by Crippen LogP contribution is 2.28. The third kappa shape index (κ3) is 4.14. The minimum absolute atomic E-state index is 0.114. The van der Waals surface area contributed by atoms with Crippen LogP contribution in [0.3, 0.4) is 0 Å². The molecule has 1 nitrogen and oxygen atoms in total. The fourth-order valence-electron chi connectivity index (χ4n) is 1.41. The fraction of sp³-hybridized carbons (Fsp3) is 0.538. The molecular formula is C13H20FNS. The summed E-state index contributed by atoms with van der Waals surface area (Å²) in [5.41, 5.74) is 6.75. The summed E-state index contributed by atoms with van der Waals surface area (Å²) < 4.78 is 13.1. The third-order valence-corrected chi connectivity index (χ3v) is 3.54. The molecular weight excluding hydrogens is 221 g/mol. The Morgan fingerprint density at radius 3 is 2.56 bits per heavy atom. The summed E-state index contributed by atoms with van der Waals surface area (Å²) in [6.07, 6.45) is 1.17. The van der Waals surface area contributed by atoms with Gasteiger partial charge in [-0.25, -0.2) is 4.39 Å². The second kappa shape index (κ2) is 6.26. The molecule has 0 saturated carbocycles. The normalized spacial score (nSPS) is 13.1. The summed E-state index contributed by atoms with van der Waals surface area (Å²) in [6.45, 7) is 6.30. The van der Waals surface area contributed by atoms with Crippen molar-refractivity contribution in [1.29, 1.82) is 0 Å². The molecule has 0 aromatic heterocycles. The first kappa shape index (κ1) is 13.5. The van der Waals surface area contributed by atoms with Crippen LogP contribution >= 0.6 is 11.8 Å². The first-order valence-electron chi connectivity index (χ1n) is 5.68. The van der Waals surface area contributed by atoms with E-state index in [1.807, 2.05) is 13.0 Å². The van der Waals surface area contributed by atoms with E-state index in [0.29, 0.717) is 5.92 Å². The van der Waals surface area contributed by atoms with Crippen molar-refractivity contribution < 1.29 is 4.39 Å². The molecule has 0 fully saturated rings. The van der Waals surface area contributed by atoms with E-state index in [-0.39, 0.29) is 11.9 Å². The van der Waals surface area contributed by atoms with Gasteiger partial charge in [0.15, 0.2) is 0 Å². The number of thioether (sulfide) groups is 1. The Morgan fingerprint density at radius 2 is 2.00 bits per heavy atom. The van der Waals surface area contributed by atoms with Gasteiger partial charge in [-0.1, -0.05) is 13.8 Å². The van der Waals surface area contributed by atoms with Gasteiger partial charge in [0.2, 0.25) is 0 Å². The maximum Gasteiger partial charge on any atom is 0.123 e. The molecule has 0 aliphatic rings. The second-order valence-electron chi connectivity index (χ2n) is 4.50. The van der Waals surface area contributed by atoms with Crippen LogP contribution in [0.25, 0.3) is 0 Å². The van der Waals surface area contributed by atoms with Gasteiger partial charge >= 0.3 is 0 Å². The van der Waals surface area contributed by atoms with Crippen LogP contribution in [0, 0.1) is 11.7 Å². The van der Waals surface area contributed by atoms with Crippen molar-refractivity contribution in [2.24, 2.45) is 11.7 Å². The van der Waals surface area contributed by atoms with Crippen LogP contribution in [0.4, 0.5) is 4.39 Å². The molecule has 1 atom stereocenters. The highest BCUT2D eigenvalue weighted by molar-refractivity contribution is 7.99. The predicted molar refractivity (Wildman–Crippen MR) is 69.2 cm³/mol. The summed E-state index contributed by atoms with van der Waals surface area (Å²) in [5.74, 6) is 1.55. The Kier molecular flexibility index (Phi) is 5.29. The molecule has 90 valence electrons. The fourth-order valence-corrected chi connectivity index (χ4v) is 2.80. The van der Waals surface area contributed by atoms with Crippen LogP contribution in [0.5, 0.6) is 0 Å². The number of nitrogens with two attached hydrogens (primary N) is 1. The van der Waals surface area contributed by atoms with Gasteiger partial charge in [0.05, 0.1) is 0 Å². The summed E-state index contributed by atoms with van der Waals surface area (Å²) in [4.78, 5) is 1.11. The molecule has 1 aromatic rings. The Labute approximate surface area is 102 Å². The lowest BCUT2D eigenvalue weighted by atomic mass is 10.1. The molecule has 0 amide bonds.